The topological polar surface area (TPSA) is 68.0 Å². The summed E-state index contributed by atoms with van der Waals surface area (Å²) >= 11 is 0. The summed E-state index contributed by atoms with van der Waals surface area (Å²) in [6, 6.07) is 1.86. The Labute approximate surface area is 145 Å². The normalized spacial score (nSPS) is 17.0. The second-order valence-corrected chi connectivity index (χ2v) is 6.04. The van der Waals surface area contributed by atoms with Gasteiger partial charge in [0, 0.05) is 12.6 Å². The number of nitrogens with one attached hydrogen (secondary N) is 1. The van der Waals surface area contributed by atoms with Crippen molar-refractivity contribution in [1.82, 2.24) is 10.3 Å². The van der Waals surface area contributed by atoms with Gasteiger partial charge in [-0.2, -0.15) is 13.2 Å². The van der Waals surface area contributed by atoms with Gasteiger partial charge in [0.15, 0.2) is 0 Å². The highest BCUT2D eigenvalue weighted by Gasteiger charge is 2.33. The third-order valence-electron chi connectivity index (χ3n) is 4.41. The summed E-state index contributed by atoms with van der Waals surface area (Å²) in [5, 5.41) is 2.87. The lowest BCUT2D eigenvalue weighted by Crippen LogP contribution is -2.46. The largest absolute Gasteiger partial charge is 0.433 e. The Morgan fingerprint density at radius 1 is 1.33 bits per heavy atom. The van der Waals surface area contributed by atoms with E-state index < -0.39 is 17.8 Å². The van der Waals surface area contributed by atoms with Gasteiger partial charge < -0.3 is 11.1 Å². The molecule has 136 valence electrons. The van der Waals surface area contributed by atoms with Crippen LogP contribution in [0.15, 0.2) is 12.1 Å². The van der Waals surface area contributed by atoms with E-state index in [1.54, 1.807) is 0 Å². The number of hydrogen-bond acceptors (Lipinski definition) is 3. The minimum atomic E-state index is -4.51. The van der Waals surface area contributed by atoms with Crippen LogP contribution in [0.1, 0.15) is 53.8 Å². The van der Waals surface area contributed by atoms with Crippen LogP contribution >= 0.6 is 12.4 Å². The fourth-order valence-electron chi connectivity index (χ4n) is 3.11. The van der Waals surface area contributed by atoms with E-state index in [-0.39, 0.29) is 29.7 Å². The molecule has 3 N–H and O–H groups in total. The van der Waals surface area contributed by atoms with Crippen molar-refractivity contribution in [2.75, 3.05) is 6.54 Å². The quantitative estimate of drug-likeness (QED) is 0.858. The van der Waals surface area contributed by atoms with Crippen LogP contribution < -0.4 is 11.1 Å². The molecule has 1 atom stereocenters. The predicted molar refractivity (Wildman–Crippen MR) is 88.1 cm³/mol. The van der Waals surface area contributed by atoms with Crippen molar-refractivity contribution in [3.63, 3.8) is 0 Å². The summed E-state index contributed by atoms with van der Waals surface area (Å²) in [7, 11) is 0. The molecule has 1 unspecified atom stereocenters. The number of rotatable bonds is 4. The SMILES string of the molecule is Cc1nc(C(F)(F)F)ccc1C(=O)NC(CN)C1CCCCC1.Cl. The van der Waals surface area contributed by atoms with Crippen LogP contribution in [0.2, 0.25) is 0 Å². The van der Waals surface area contributed by atoms with Crippen molar-refractivity contribution < 1.29 is 18.0 Å². The first-order valence-electron chi connectivity index (χ1n) is 7.88. The number of nitrogens with two attached hydrogens (primary N) is 1. The van der Waals surface area contributed by atoms with Crippen LogP contribution in [0, 0.1) is 12.8 Å². The van der Waals surface area contributed by atoms with Gasteiger partial charge in [0.05, 0.1) is 11.3 Å². The first kappa shape index (κ1) is 20.7. The van der Waals surface area contributed by atoms with Crippen molar-refractivity contribution in [3.8, 4) is 0 Å². The molecule has 1 aromatic heterocycles. The van der Waals surface area contributed by atoms with Gasteiger partial charge in [-0.25, -0.2) is 4.98 Å². The van der Waals surface area contributed by atoms with Crippen LogP contribution in [-0.2, 0) is 6.18 Å². The van der Waals surface area contributed by atoms with Crippen molar-refractivity contribution in [3.05, 3.63) is 29.1 Å². The van der Waals surface area contributed by atoms with Gasteiger partial charge in [-0.05, 0) is 37.8 Å². The van der Waals surface area contributed by atoms with Crippen molar-refractivity contribution in [2.24, 2.45) is 11.7 Å². The fourth-order valence-corrected chi connectivity index (χ4v) is 3.11. The highest BCUT2D eigenvalue weighted by Crippen LogP contribution is 2.29. The Balaban J connectivity index is 0.00000288. The average molecular weight is 366 g/mol. The van der Waals surface area contributed by atoms with E-state index in [4.69, 9.17) is 5.73 Å². The molecule has 4 nitrogen and oxygen atoms in total. The highest BCUT2D eigenvalue weighted by molar-refractivity contribution is 5.95. The number of halogens is 4. The lowest BCUT2D eigenvalue weighted by Gasteiger charge is -2.30. The second kappa shape index (κ2) is 8.67. The first-order valence-corrected chi connectivity index (χ1v) is 7.88. The molecule has 24 heavy (non-hydrogen) atoms. The fraction of sp³-hybridized carbons (Fsp3) is 0.625. The van der Waals surface area contributed by atoms with Gasteiger partial charge in [0.1, 0.15) is 5.69 Å². The lowest BCUT2D eigenvalue weighted by molar-refractivity contribution is -0.141. The summed E-state index contributed by atoms with van der Waals surface area (Å²) in [6.45, 7) is 1.73. The Morgan fingerprint density at radius 2 is 1.96 bits per heavy atom. The minimum absolute atomic E-state index is 0. The molecule has 1 fully saturated rings. The number of amides is 1. The van der Waals surface area contributed by atoms with E-state index in [0.29, 0.717) is 12.5 Å². The minimum Gasteiger partial charge on any atom is -0.348 e. The molecule has 0 aliphatic heterocycles. The van der Waals surface area contributed by atoms with Gasteiger partial charge in [-0.15, -0.1) is 12.4 Å². The standard InChI is InChI=1S/C16H22F3N3O.ClH/c1-10-12(7-8-14(21-10)16(17,18)19)15(23)22-13(9-20)11-5-3-2-4-6-11;/h7-8,11,13H,2-6,9,20H2,1H3,(H,22,23);1H. The van der Waals surface area contributed by atoms with Crippen molar-refractivity contribution in [1.29, 1.82) is 0 Å². The number of nitrogens with zero attached hydrogens (tertiary/aromatic N) is 1. The number of carbonyl (C=O) groups is 1. The molecule has 8 heteroatoms. The maximum atomic E-state index is 12.6. The molecule has 1 aliphatic carbocycles. The molecule has 0 saturated heterocycles. The van der Waals surface area contributed by atoms with Gasteiger partial charge in [-0.1, -0.05) is 19.3 Å². The van der Waals surface area contributed by atoms with Crippen LogP contribution in [0.4, 0.5) is 13.2 Å². The summed E-state index contributed by atoms with van der Waals surface area (Å²) in [5.74, 6) is -0.0786. The van der Waals surface area contributed by atoms with E-state index in [0.717, 1.165) is 31.7 Å². The number of hydrogen-bond donors (Lipinski definition) is 2. The number of aryl methyl sites for hydroxylation is 1. The molecular formula is C16H23ClF3N3O. The maximum Gasteiger partial charge on any atom is 0.433 e. The van der Waals surface area contributed by atoms with Crippen molar-refractivity contribution >= 4 is 18.3 Å². The Hall–Kier alpha value is -1.34. The summed E-state index contributed by atoms with van der Waals surface area (Å²) < 4.78 is 37.9. The van der Waals surface area contributed by atoms with Crippen LogP contribution in [0.3, 0.4) is 0 Å². The number of pyridine rings is 1. The van der Waals surface area contributed by atoms with Crippen LogP contribution in [-0.4, -0.2) is 23.5 Å². The lowest BCUT2D eigenvalue weighted by atomic mass is 9.84. The number of aromatic nitrogens is 1. The van der Waals surface area contributed by atoms with Crippen LogP contribution in [0.25, 0.3) is 0 Å². The van der Waals surface area contributed by atoms with Gasteiger partial charge in [-0.3, -0.25) is 4.79 Å². The Morgan fingerprint density at radius 3 is 2.46 bits per heavy atom. The molecule has 1 amide bonds. The third-order valence-corrected chi connectivity index (χ3v) is 4.41. The molecule has 1 aromatic rings. The third kappa shape index (κ3) is 5.08. The van der Waals surface area contributed by atoms with Gasteiger partial charge in [0.2, 0.25) is 0 Å². The molecule has 1 aliphatic rings. The van der Waals surface area contributed by atoms with Gasteiger partial charge in [0.25, 0.3) is 5.91 Å². The summed E-state index contributed by atoms with van der Waals surface area (Å²) in [4.78, 5) is 15.8. The summed E-state index contributed by atoms with van der Waals surface area (Å²) in [5.41, 5.74) is 5.00. The highest BCUT2D eigenvalue weighted by atomic mass is 35.5. The molecule has 0 bridgehead atoms. The van der Waals surface area contributed by atoms with Gasteiger partial charge >= 0.3 is 6.18 Å². The molecular weight excluding hydrogens is 343 g/mol. The molecule has 2 rings (SSSR count). The summed E-state index contributed by atoms with van der Waals surface area (Å²) in [6.07, 6.45) is 0.972. The molecule has 1 heterocycles. The van der Waals surface area contributed by atoms with E-state index in [1.807, 2.05) is 0 Å². The molecule has 0 radical (unpaired) electrons. The predicted octanol–water partition coefficient (Wildman–Crippen LogP) is 3.47. The van der Waals surface area contributed by atoms with E-state index in [1.165, 1.54) is 19.4 Å². The van der Waals surface area contributed by atoms with E-state index in [2.05, 4.69) is 10.3 Å². The number of alkyl halides is 3. The maximum absolute atomic E-state index is 12.6. The monoisotopic (exact) mass is 365 g/mol. The van der Waals surface area contributed by atoms with E-state index >= 15 is 0 Å². The number of carbonyl (C=O) groups excluding carboxylic acids is 1. The Kier molecular flexibility index (Phi) is 7.48. The first-order chi connectivity index (χ1) is 10.8. The Bertz CT molecular complexity index is 560. The molecule has 0 aromatic carbocycles. The zero-order valence-corrected chi connectivity index (χ0v) is 14.3. The molecule has 1 saturated carbocycles. The molecule has 0 spiro atoms. The second-order valence-electron chi connectivity index (χ2n) is 6.04. The van der Waals surface area contributed by atoms with E-state index in [9.17, 15) is 18.0 Å². The van der Waals surface area contributed by atoms with Crippen LogP contribution in [0.5, 0.6) is 0 Å². The zero-order valence-electron chi connectivity index (χ0n) is 13.5. The average Bonchev–Trinajstić information content (AvgIpc) is 2.52. The zero-order chi connectivity index (χ0) is 17.0. The van der Waals surface area contributed by atoms with Crippen molar-refractivity contribution in [2.45, 2.75) is 51.2 Å². The smallest absolute Gasteiger partial charge is 0.348 e.